The van der Waals surface area contributed by atoms with Gasteiger partial charge in [-0.3, -0.25) is 14.1 Å². The standard InChI is InChI=1S/C20H26N4O2/c1-19(2,3)12-24-16-8-7-15(22-17(16)23(6)18(24)25)13-9-14(11-21-10-13)20(4,5)26/h7-11,26H,12H2,1-6H3. The summed E-state index contributed by atoms with van der Waals surface area (Å²) in [5, 5.41) is 10.2. The summed E-state index contributed by atoms with van der Waals surface area (Å²) in [4.78, 5) is 21.6. The highest BCUT2D eigenvalue weighted by Gasteiger charge is 2.20. The van der Waals surface area contributed by atoms with Gasteiger partial charge in [0.1, 0.15) is 0 Å². The van der Waals surface area contributed by atoms with Crippen LogP contribution < -0.4 is 5.69 Å². The van der Waals surface area contributed by atoms with E-state index in [2.05, 4.69) is 25.8 Å². The van der Waals surface area contributed by atoms with E-state index in [4.69, 9.17) is 4.98 Å². The number of aromatic nitrogens is 4. The number of aryl methyl sites for hydroxylation is 1. The number of fused-ring (bicyclic) bond motifs is 1. The van der Waals surface area contributed by atoms with E-state index in [1.54, 1.807) is 42.4 Å². The van der Waals surface area contributed by atoms with Crippen LogP contribution in [0.4, 0.5) is 0 Å². The topological polar surface area (TPSA) is 72.9 Å². The van der Waals surface area contributed by atoms with Gasteiger partial charge >= 0.3 is 5.69 Å². The first-order valence-electron chi connectivity index (χ1n) is 8.72. The largest absolute Gasteiger partial charge is 0.386 e. The molecule has 0 saturated heterocycles. The SMILES string of the molecule is Cn1c(=O)n(CC(C)(C)C)c2ccc(-c3cncc(C(C)(C)O)c3)nc21. The molecule has 26 heavy (non-hydrogen) atoms. The number of hydrogen-bond donors (Lipinski definition) is 1. The summed E-state index contributed by atoms with van der Waals surface area (Å²) in [6.45, 7) is 10.4. The summed E-state index contributed by atoms with van der Waals surface area (Å²) in [5.41, 5.74) is 2.66. The molecular formula is C20H26N4O2. The van der Waals surface area contributed by atoms with Crippen molar-refractivity contribution in [3.8, 4) is 11.3 Å². The van der Waals surface area contributed by atoms with Gasteiger partial charge in [-0.25, -0.2) is 9.78 Å². The summed E-state index contributed by atoms with van der Waals surface area (Å²) in [7, 11) is 1.74. The highest BCUT2D eigenvalue weighted by Crippen LogP contribution is 2.26. The molecule has 0 aliphatic rings. The summed E-state index contributed by atoms with van der Waals surface area (Å²) in [5.74, 6) is 0. The van der Waals surface area contributed by atoms with Crippen LogP contribution in [0.15, 0.2) is 35.4 Å². The van der Waals surface area contributed by atoms with Crippen molar-refractivity contribution in [1.82, 2.24) is 19.1 Å². The Morgan fingerprint density at radius 2 is 1.81 bits per heavy atom. The van der Waals surface area contributed by atoms with Crippen molar-refractivity contribution in [3.05, 3.63) is 46.6 Å². The fourth-order valence-corrected chi connectivity index (χ4v) is 2.98. The molecule has 0 bridgehead atoms. The van der Waals surface area contributed by atoms with Gasteiger partial charge in [-0.15, -0.1) is 0 Å². The van der Waals surface area contributed by atoms with E-state index in [0.29, 0.717) is 12.2 Å². The third kappa shape index (κ3) is 3.42. The Balaban J connectivity index is 2.14. The van der Waals surface area contributed by atoms with Crippen molar-refractivity contribution < 1.29 is 5.11 Å². The van der Waals surface area contributed by atoms with Crippen molar-refractivity contribution in [1.29, 1.82) is 0 Å². The average molecular weight is 354 g/mol. The molecule has 0 fully saturated rings. The Bertz CT molecular complexity index is 1020. The van der Waals surface area contributed by atoms with Crippen LogP contribution in [0, 0.1) is 5.41 Å². The van der Waals surface area contributed by atoms with Crippen molar-refractivity contribution in [2.75, 3.05) is 0 Å². The predicted octanol–water partition coefficient (Wildman–Crippen LogP) is 3.07. The van der Waals surface area contributed by atoms with Crippen LogP contribution in [0.5, 0.6) is 0 Å². The lowest BCUT2D eigenvalue weighted by Gasteiger charge is -2.18. The average Bonchev–Trinajstić information content (AvgIpc) is 2.77. The van der Waals surface area contributed by atoms with Gasteiger partial charge in [-0.1, -0.05) is 20.8 Å². The van der Waals surface area contributed by atoms with Crippen LogP contribution in [-0.4, -0.2) is 24.2 Å². The first kappa shape index (κ1) is 18.3. The monoisotopic (exact) mass is 354 g/mol. The van der Waals surface area contributed by atoms with E-state index in [9.17, 15) is 9.90 Å². The number of rotatable bonds is 3. The second kappa shape index (κ2) is 6.06. The maximum atomic E-state index is 12.6. The molecule has 0 unspecified atom stereocenters. The molecule has 0 aliphatic carbocycles. The molecule has 1 N–H and O–H groups in total. The van der Waals surface area contributed by atoms with E-state index in [1.165, 1.54) is 0 Å². The third-order valence-electron chi connectivity index (χ3n) is 4.35. The lowest BCUT2D eigenvalue weighted by Crippen LogP contribution is -2.27. The normalized spacial score (nSPS) is 12.7. The molecule has 0 aliphatic heterocycles. The number of nitrogens with zero attached hydrogens (tertiary/aromatic N) is 4. The van der Waals surface area contributed by atoms with Gasteiger partial charge in [0.25, 0.3) is 0 Å². The fourth-order valence-electron chi connectivity index (χ4n) is 2.98. The van der Waals surface area contributed by atoms with Crippen LogP contribution in [0.1, 0.15) is 40.2 Å². The van der Waals surface area contributed by atoms with E-state index >= 15 is 0 Å². The molecule has 6 nitrogen and oxygen atoms in total. The van der Waals surface area contributed by atoms with Crippen molar-refractivity contribution >= 4 is 11.2 Å². The van der Waals surface area contributed by atoms with Crippen LogP contribution in [0.3, 0.4) is 0 Å². The zero-order valence-corrected chi connectivity index (χ0v) is 16.2. The minimum Gasteiger partial charge on any atom is -0.386 e. The lowest BCUT2D eigenvalue weighted by molar-refractivity contribution is 0.0783. The first-order chi connectivity index (χ1) is 12.0. The molecule has 0 atom stereocenters. The lowest BCUT2D eigenvalue weighted by atomic mass is 9.97. The zero-order chi connectivity index (χ0) is 19.3. The van der Waals surface area contributed by atoms with E-state index in [-0.39, 0.29) is 11.1 Å². The molecular weight excluding hydrogens is 328 g/mol. The van der Waals surface area contributed by atoms with Gasteiger partial charge in [-0.2, -0.15) is 0 Å². The number of imidazole rings is 1. The molecule has 3 rings (SSSR count). The molecule has 0 spiro atoms. The summed E-state index contributed by atoms with van der Waals surface area (Å²) in [6.07, 6.45) is 3.37. The van der Waals surface area contributed by atoms with Crippen LogP contribution in [-0.2, 0) is 19.2 Å². The molecule has 0 radical (unpaired) electrons. The molecule has 0 aromatic carbocycles. The minimum atomic E-state index is -0.976. The summed E-state index contributed by atoms with van der Waals surface area (Å²) < 4.78 is 3.36. The third-order valence-corrected chi connectivity index (χ3v) is 4.35. The highest BCUT2D eigenvalue weighted by atomic mass is 16.3. The molecule has 0 amide bonds. The number of hydrogen-bond acceptors (Lipinski definition) is 4. The molecule has 3 aromatic heterocycles. The second-order valence-corrected chi connectivity index (χ2v) is 8.55. The Hall–Kier alpha value is -2.47. The van der Waals surface area contributed by atoms with Gasteiger partial charge in [0.05, 0.1) is 16.8 Å². The fraction of sp³-hybridized carbons (Fsp3) is 0.450. The maximum absolute atomic E-state index is 12.6. The Morgan fingerprint density at radius 1 is 1.12 bits per heavy atom. The molecule has 3 heterocycles. The Morgan fingerprint density at radius 3 is 2.42 bits per heavy atom. The zero-order valence-electron chi connectivity index (χ0n) is 16.2. The molecule has 6 heteroatoms. The quantitative estimate of drug-likeness (QED) is 0.784. The predicted molar refractivity (Wildman–Crippen MR) is 103 cm³/mol. The van der Waals surface area contributed by atoms with Crippen molar-refractivity contribution in [2.24, 2.45) is 12.5 Å². The molecule has 3 aromatic rings. The van der Waals surface area contributed by atoms with Gasteiger partial charge in [0, 0.05) is 37.1 Å². The smallest absolute Gasteiger partial charge is 0.330 e. The second-order valence-electron chi connectivity index (χ2n) is 8.55. The minimum absolute atomic E-state index is 0.0122. The van der Waals surface area contributed by atoms with Gasteiger partial charge < -0.3 is 5.11 Å². The summed E-state index contributed by atoms with van der Waals surface area (Å²) >= 11 is 0. The van der Waals surface area contributed by atoms with Crippen LogP contribution >= 0.6 is 0 Å². The number of pyridine rings is 2. The molecule has 0 saturated carbocycles. The maximum Gasteiger partial charge on any atom is 0.330 e. The van der Waals surface area contributed by atoms with Gasteiger partial charge in [0.15, 0.2) is 5.65 Å². The summed E-state index contributed by atoms with van der Waals surface area (Å²) in [6, 6.07) is 5.71. The van der Waals surface area contributed by atoms with Gasteiger partial charge in [-0.05, 0) is 37.5 Å². The van der Waals surface area contributed by atoms with Crippen molar-refractivity contribution in [2.45, 2.75) is 46.8 Å². The Labute approximate surface area is 153 Å². The highest BCUT2D eigenvalue weighted by molar-refractivity contribution is 5.76. The number of aliphatic hydroxyl groups is 1. The van der Waals surface area contributed by atoms with E-state index < -0.39 is 5.60 Å². The molecule has 138 valence electrons. The Kier molecular flexibility index (Phi) is 4.27. The van der Waals surface area contributed by atoms with Crippen molar-refractivity contribution in [3.63, 3.8) is 0 Å². The van der Waals surface area contributed by atoms with Crippen LogP contribution in [0.2, 0.25) is 0 Å². The van der Waals surface area contributed by atoms with E-state index in [0.717, 1.165) is 22.3 Å². The van der Waals surface area contributed by atoms with Gasteiger partial charge in [0.2, 0.25) is 0 Å². The first-order valence-corrected chi connectivity index (χ1v) is 8.72. The van der Waals surface area contributed by atoms with E-state index in [1.807, 2.05) is 18.2 Å². The van der Waals surface area contributed by atoms with Crippen LogP contribution in [0.25, 0.3) is 22.4 Å².